The summed E-state index contributed by atoms with van der Waals surface area (Å²) in [4.78, 5) is 12.3. The third-order valence-corrected chi connectivity index (χ3v) is 5.32. The average molecular weight is 438 g/mol. The topological polar surface area (TPSA) is 68.8 Å². The zero-order chi connectivity index (χ0) is 21.1. The molecule has 6 nitrogen and oxygen atoms in total. The molecule has 2 aromatic rings. The second-order valence-corrected chi connectivity index (χ2v) is 7.54. The maximum Gasteiger partial charge on any atom is 0.573 e. The van der Waals surface area contributed by atoms with E-state index >= 15 is 0 Å². The van der Waals surface area contributed by atoms with Gasteiger partial charge in [-0.2, -0.15) is 11.3 Å². The normalized spacial score (nSPS) is 25.2. The van der Waals surface area contributed by atoms with Crippen molar-refractivity contribution in [2.75, 3.05) is 18.5 Å². The Kier molecular flexibility index (Phi) is 5.85. The summed E-state index contributed by atoms with van der Waals surface area (Å²) in [6.07, 6.45) is -5.29. The molecule has 2 aliphatic heterocycles. The summed E-state index contributed by atoms with van der Waals surface area (Å²) < 4.78 is 52.0. The number of fused-ring (bicyclic) bond motifs is 1. The van der Waals surface area contributed by atoms with Gasteiger partial charge in [0.2, 0.25) is 0 Å². The molecule has 0 bridgehead atoms. The molecule has 10 heteroatoms. The minimum atomic E-state index is -4.77. The van der Waals surface area contributed by atoms with Gasteiger partial charge in [0.05, 0.1) is 25.2 Å². The molecule has 2 fully saturated rings. The summed E-state index contributed by atoms with van der Waals surface area (Å²) in [5.74, 6) is 5.84. The number of amides is 2. The zero-order valence-electron chi connectivity index (χ0n) is 15.4. The van der Waals surface area contributed by atoms with Gasteiger partial charge in [0.15, 0.2) is 0 Å². The molecule has 1 aromatic carbocycles. The molecule has 4 rings (SSSR count). The predicted octanol–water partition coefficient (Wildman–Crippen LogP) is 3.60. The Hall–Kier alpha value is -2.74. The van der Waals surface area contributed by atoms with Crippen LogP contribution in [-0.2, 0) is 9.47 Å². The number of thiophene rings is 1. The van der Waals surface area contributed by atoms with Crippen molar-refractivity contribution in [3.63, 3.8) is 0 Å². The summed E-state index contributed by atoms with van der Waals surface area (Å²) in [6.45, 7) is 0.713. The monoisotopic (exact) mass is 438 g/mol. The van der Waals surface area contributed by atoms with Crippen molar-refractivity contribution in [2.45, 2.75) is 24.6 Å². The van der Waals surface area contributed by atoms with E-state index in [1.807, 2.05) is 16.8 Å². The second-order valence-electron chi connectivity index (χ2n) is 6.76. The lowest BCUT2D eigenvalue weighted by Crippen LogP contribution is -2.45. The molecular weight excluding hydrogens is 421 g/mol. The van der Waals surface area contributed by atoms with Gasteiger partial charge in [-0.15, -0.1) is 13.2 Å². The van der Waals surface area contributed by atoms with E-state index in [1.54, 1.807) is 11.3 Å². The first kappa shape index (κ1) is 20.5. The standard InChI is InChI=1S/C20H17F3N2O4S/c21-20(22,23)29-15-5-3-14(4-6-15)24-19(26)25-16-10-28-17-13(9-27-18(16)17)2-1-12-7-8-30-11-12/h3-8,11,13,16-18H,9-10H2,(H2,24,25,26)/t13-,16-,17+,18+/m0/s1. The zero-order valence-corrected chi connectivity index (χ0v) is 16.3. The van der Waals surface area contributed by atoms with Gasteiger partial charge in [-0.1, -0.05) is 11.8 Å². The quantitative estimate of drug-likeness (QED) is 0.719. The molecule has 2 N–H and O–H groups in total. The van der Waals surface area contributed by atoms with Gasteiger partial charge < -0.3 is 24.8 Å². The molecule has 2 amide bonds. The van der Waals surface area contributed by atoms with Crippen molar-refractivity contribution in [3.05, 3.63) is 46.7 Å². The van der Waals surface area contributed by atoms with Crippen molar-refractivity contribution in [3.8, 4) is 17.6 Å². The van der Waals surface area contributed by atoms with Crippen molar-refractivity contribution < 1.29 is 32.2 Å². The minimum Gasteiger partial charge on any atom is -0.406 e. The van der Waals surface area contributed by atoms with Crippen LogP contribution in [-0.4, -0.2) is 43.9 Å². The summed E-state index contributed by atoms with van der Waals surface area (Å²) in [6, 6.07) is 5.95. The number of urea groups is 1. The van der Waals surface area contributed by atoms with E-state index < -0.39 is 12.4 Å². The highest BCUT2D eigenvalue weighted by Crippen LogP contribution is 2.31. The fraction of sp³-hybridized carbons (Fsp3) is 0.350. The van der Waals surface area contributed by atoms with Crippen LogP contribution in [0.2, 0.25) is 0 Å². The van der Waals surface area contributed by atoms with E-state index in [0.717, 1.165) is 17.7 Å². The highest BCUT2D eigenvalue weighted by atomic mass is 32.1. The number of halogens is 3. The van der Waals surface area contributed by atoms with Gasteiger partial charge in [0.25, 0.3) is 0 Å². The Labute approximate surface area is 174 Å². The molecule has 2 saturated heterocycles. The first-order valence-corrected chi connectivity index (χ1v) is 10.0. The fourth-order valence-electron chi connectivity index (χ4n) is 3.33. The first-order valence-electron chi connectivity index (χ1n) is 9.08. The van der Waals surface area contributed by atoms with E-state index in [1.165, 1.54) is 12.1 Å². The lowest BCUT2D eigenvalue weighted by Gasteiger charge is -2.18. The van der Waals surface area contributed by atoms with Crippen LogP contribution < -0.4 is 15.4 Å². The number of ether oxygens (including phenoxy) is 3. The van der Waals surface area contributed by atoms with Crippen molar-refractivity contribution in [2.24, 2.45) is 5.92 Å². The second kappa shape index (κ2) is 8.55. The van der Waals surface area contributed by atoms with Crippen LogP contribution in [0.4, 0.5) is 23.7 Å². The smallest absolute Gasteiger partial charge is 0.406 e. The van der Waals surface area contributed by atoms with Gasteiger partial charge in [-0.3, -0.25) is 0 Å². The molecule has 0 aliphatic carbocycles. The number of hydrogen-bond acceptors (Lipinski definition) is 5. The molecule has 0 saturated carbocycles. The third-order valence-electron chi connectivity index (χ3n) is 4.64. The molecule has 158 valence electrons. The van der Waals surface area contributed by atoms with Gasteiger partial charge in [0.1, 0.15) is 18.0 Å². The Morgan fingerprint density at radius 1 is 1.13 bits per heavy atom. The largest absolute Gasteiger partial charge is 0.573 e. The number of carbonyl (C=O) groups is 1. The summed E-state index contributed by atoms with van der Waals surface area (Å²) in [5.41, 5.74) is 1.27. The SMILES string of the molecule is O=C(Nc1ccc(OC(F)(F)F)cc1)N[C@H]1CO[C@H]2[C@@H]1OC[C@@H]2C#Cc1ccsc1. The average Bonchev–Trinajstić information content (AvgIpc) is 3.40. The maximum absolute atomic E-state index is 12.3. The van der Waals surface area contributed by atoms with Crippen LogP contribution in [0, 0.1) is 17.8 Å². The third kappa shape index (κ3) is 5.05. The van der Waals surface area contributed by atoms with Crippen LogP contribution in [0.3, 0.4) is 0 Å². The molecule has 0 radical (unpaired) electrons. The molecule has 30 heavy (non-hydrogen) atoms. The van der Waals surface area contributed by atoms with E-state index in [9.17, 15) is 18.0 Å². The number of alkyl halides is 3. The van der Waals surface area contributed by atoms with Crippen molar-refractivity contribution in [1.82, 2.24) is 5.32 Å². The molecule has 2 aliphatic rings. The number of nitrogens with one attached hydrogen (secondary N) is 2. The summed E-state index contributed by atoms with van der Waals surface area (Å²) >= 11 is 1.58. The van der Waals surface area contributed by atoms with E-state index in [4.69, 9.17) is 9.47 Å². The molecule has 0 spiro atoms. The molecular formula is C20H17F3N2O4S. The number of anilines is 1. The number of hydrogen-bond donors (Lipinski definition) is 2. The van der Waals surface area contributed by atoms with Crippen LogP contribution in [0.15, 0.2) is 41.1 Å². The minimum absolute atomic E-state index is 0.0778. The number of rotatable bonds is 3. The first-order chi connectivity index (χ1) is 14.4. The Morgan fingerprint density at radius 3 is 2.60 bits per heavy atom. The fourth-order valence-corrected chi connectivity index (χ4v) is 3.92. The van der Waals surface area contributed by atoms with Crippen molar-refractivity contribution >= 4 is 23.1 Å². The maximum atomic E-state index is 12.3. The van der Waals surface area contributed by atoms with E-state index in [0.29, 0.717) is 12.3 Å². The molecule has 0 unspecified atom stereocenters. The van der Waals surface area contributed by atoms with E-state index in [2.05, 4.69) is 27.2 Å². The Bertz CT molecular complexity index is 938. The summed E-state index contributed by atoms with van der Waals surface area (Å²) in [7, 11) is 0. The van der Waals surface area contributed by atoms with Crippen LogP contribution in [0.1, 0.15) is 5.56 Å². The van der Waals surface area contributed by atoms with Crippen LogP contribution in [0.25, 0.3) is 0 Å². The van der Waals surface area contributed by atoms with Gasteiger partial charge >= 0.3 is 12.4 Å². The summed E-state index contributed by atoms with van der Waals surface area (Å²) in [5, 5.41) is 9.28. The number of benzene rings is 1. The van der Waals surface area contributed by atoms with Crippen LogP contribution in [0.5, 0.6) is 5.75 Å². The van der Waals surface area contributed by atoms with Gasteiger partial charge in [-0.25, -0.2) is 4.79 Å². The van der Waals surface area contributed by atoms with E-state index in [-0.39, 0.29) is 36.5 Å². The van der Waals surface area contributed by atoms with Gasteiger partial charge in [-0.05, 0) is 35.7 Å². The van der Waals surface area contributed by atoms with Crippen molar-refractivity contribution in [1.29, 1.82) is 0 Å². The molecule has 4 atom stereocenters. The highest BCUT2D eigenvalue weighted by Gasteiger charge is 2.47. The lowest BCUT2D eigenvalue weighted by atomic mass is 10.0. The Balaban J connectivity index is 1.29. The molecule has 3 heterocycles. The predicted molar refractivity (Wildman–Crippen MR) is 103 cm³/mol. The lowest BCUT2D eigenvalue weighted by molar-refractivity contribution is -0.274. The van der Waals surface area contributed by atoms with Gasteiger partial charge in [0, 0.05) is 16.6 Å². The van der Waals surface area contributed by atoms with Crippen LogP contribution >= 0.6 is 11.3 Å². The highest BCUT2D eigenvalue weighted by molar-refractivity contribution is 7.08. The molecule has 1 aromatic heterocycles. The Morgan fingerprint density at radius 2 is 1.90 bits per heavy atom. The number of carbonyl (C=O) groups excluding carboxylic acids is 1.